The topological polar surface area (TPSA) is 81.4 Å². The fourth-order valence-corrected chi connectivity index (χ4v) is 2.98. The van der Waals surface area contributed by atoms with Crippen molar-refractivity contribution in [2.45, 2.75) is 52.7 Å². The Morgan fingerprint density at radius 1 is 1.06 bits per heavy atom. The Labute approximate surface area is 190 Å². The van der Waals surface area contributed by atoms with Crippen molar-refractivity contribution in [1.82, 2.24) is 14.8 Å². The number of benzene rings is 2. The third-order valence-electron chi connectivity index (χ3n) is 4.70. The van der Waals surface area contributed by atoms with Gasteiger partial charge in [-0.05, 0) is 58.4 Å². The van der Waals surface area contributed by atoms with E-state index in [1.807, 2.05) is 57.2 Å². The van der Waals surface area contributed by atoms with Crippen molar-refractivity contribution in [3.05, 3.63) is 54.1 Å². The van der Waals surface area contributed by atoms with Crippen LogP contribution in [-0.4, -0.2) is 51.3 Å². The third kappa shape index (κ3) is 6.80. The number of hydrogen-bond acceptors (Lipinski definition) is 6. The Morgan fingerprint density at radius 3 is 2.38 bits per heavy atom. The first kappa shape index (κ1) is 23.8. The number of nitrogens with zero attached hydrogens (tertiary/aromatic N) is 3. The van der Waals surface area contributed by atoms with Crippen molar-refractivity contribution in [3.8, 4) is 23.1 Å². The number of nitrogens with one attached hydrogen (secondary N) is 1. The molecule has 0 amide bonds. The van der Waals surface area contributed by atoms with Crippen LogP contribution in [0.4, 0.5) is 5.69 Å². The zero-order valence-corrected chi connectivity index (χ0v) is 19.6. The Kier molecular flexibility index (Phi) is 7.88. The van der Waals surface area contributed by atoms with E-state index in [1.54, 1.807) is 4.68 Å². The van der Waals surface area contributed by atoms with E-state index in [0.717, 1.165) is 29.2 Å². The largest absolute Gasteiger partial charge is 0.462 e. The molecular weight excluding hydrogens is 404 g/mol. The van der Waals surface area contributed by atoms with Gasteiger partial charge in [-0.25, -0.2) is 4.68 Å². The molecule has 0 fully saturated rings. The lowest BCUT2D eigenvalue weighted by Crippen LogP contribution is -2.30. The van der Waals surface area contributed by atoms with Crippen LogP contribution in [0.25, 0.3) is 17.1 Å². The average Bonchev–Trinajstić information content (AvgIpc) is 3.19. The molecule has 0 bridgehead atoms. The molecule has 2 N–H and O–H groups in total. The highest BCUT2D eigenvalue weighted by molar-refractivity contribution is 5.60. The minimum atomic E-state index is -0.587. The predicted octanol–water partition coefficient (Wildman–Crippen LogP) is 4.62. The van der Waals surface area contributed by atoms with Crippen LogP contribution in [0, 0.1) is 6.92 Å². The zero-order valence-electron chi connectivity index (χ0n) is 19.6. The van der Waals surface area contributed by atoms with E-state index in [4.69, 9.17) is 9.47 Å². The molecular formula is C25H34N4O3. The van der Waals surface area contributed by atoms with Crippen molar-refractivity contribution in [3.63, 3.8) is 0 Å². The SMILES string of the molecule is CCCOc1nc(-c2ccc(C)cc2)n(-c2ccc(NCC(O)COC(C)(C)C)cc2)n1. The number of anilines is 1. The van der Waals surface area contributed by atoms with Crippen LogP contribution < -0.4 is 10.1 Å². The summed E-state index contributed by atoms with van der Waals surface area (Å²) >= 11 is 0. The van der Waals surface area contributed by atoms with E-state index in [9.17, 15) is 5.11 Å². The van der Waals surface area contributed by atoms with Crippen molar-refractivity contribution in [2.24, 2.45) is 0 Å². The molecule has 7 nitrogen and oxygen atoms in total. The van der Waals surface area contributed by atoms with Gasteiger partial charge in [0.2, 0.25) is 0 Å². The molecule has 1 aromatic heterocycles. The van der Waals surface area contributed by atoms with E-state index < -0.39 is 6.10 Å². The summed E-state index contributed by atoms with van der Waals surface area (Å²) in [7, 11) is 0. The molecule has 0 saturated heterocycles. The molecule has 1 heterocycles. The van der Waals surface area contributed by atoms with Gasteiger partial charge >= 0.3 is 6.01 Å². The Bertz CT molecular complexity index is 976. The minimum absolute atomic E-state index is 0.269. The highest BCUT2D eigenvalue weighted by atomic mass is 16.5. The van der Waals surface area contributed by atoms with Gasteiger partial charge in [-0.1, -0.05) is 36.8 Å². The first-order chi connectivity index (χ1) is 15.2. The molecule has 0 aliphatic carbocycles. The maximum atomic E-state index is 10.1. The lowest BCUT2D eigenvalue weighted by atomic mass is 10.1. The maximum Gasteiger partial charge on any atom is 0.336 e. The summed E-state index contributed by atoms with van der Waals surface area (Å²) in [5.74, 6) is 0.728. The highest BCUT2D eigenvalue weighted by Gasteiger charge is 2.16. The summed E-state index contributed by atoms with van der Waals surface area (Å²) in [4.78, 5) is 4.61. The van der Waals surface area contributed by atoms with Crippen molar-refractivity contribution in [1.29, 1.82) is 0 Å². The molecule has 32 heavy (non-hydrogen) atoms. The smallest absolute Gasteiger partial charge is 0.336 e. The molecule has 0 radical (unpaired) electrons. The highest BCUT2D eigenvalue weighted by Crippen LogP contribution is 2.25. The molecule has 0 aliphatic rings. The standard InChI is InChI=1S/C25H34N4O3/c1-6-15-31-24-27-23(19-9-7-18(2)8-10-19)29(28-24)21-13-11-20(12-14-21)26-16-22(30)17-32-25(3,4)5/h7-14,22,26,30H,6,15-17H2,1-5H3. The molecule has 3 rings (SSSR count). The summed E-state index contributed by atoms with van der Waals surface area (Å²) in [6.45, 7) is 11.3. The second-order valence-electron chi connectivity index (χ2n) is 8.85. The fraction of sp³-hybridized carbons (Fsp3) is 0.440. The quantitative estimate of drug-likeness (QED) is 0.481. The first-order valence-electron chi connectivity index (χ1n) is 11.1. The van der Waals surface area contributed by atoms with E-state index in [-0.39, 0.29) is 12.2 Å². The number of rotatable bonds is 10. The molecule has 3 aromatic rings. The monoisotopic (exact) mass is 438 g/mol. The molecule has 0 spiro atoms. The fourth-order valence-electron chi connectivity index (χ4n) is 2.98. The van der Waals surface area contributed by atoms with Crippen LogP contribution in [0.5, 0.6) is 6.01 Å². The average molecular weight is 439 g/mol. The summed E-state index contributed by atoms with van der Waals surface area (Å²) in [6, 6.07) is 16.4. The second kappa shape index (κ2) is 10.6. The summed E-state index contributed by atoms with van der Waals surface area (Å²) < 4.78 is 13.1. The van der Waals surface area contributed by atoms with Gasteiger partial charge in [0.05, 0.1) is 30.6 Å². The molecule has 7 heteroatoms. The van der Waals surface area contributed by atoms with Crippen molar-refractivity contribution < 1.29 is 14.6 Å². The zero-order chi connectivity index (χ0) is 23.1. The predicted molar refractivity (Wildman–Crippen MR) is 128 cm³/mol. The van der Waals surface area contributed by atoms with Crippen LogP contribution in [0.1, 0.15) is 39.7 Å². The van der Waals surface area contributed by atoms with E-state index in [1.165, 1.54) is 5.56 Å². The van der Waals surface area contributed by atoms with Gasteiger partial charge in [-0.3, -0.25) is 0 Å². The molecule has 2 aromatic carbocycles. The number of hydrogen-bond donors (Lipinski definition) is 2. The summed E-state index contributed by atoms with van der Waals surface area (Å²) in [5.41, 5.74) is 3.67. The van der Waals surface area contributed by atoms with Crippen LogP contribution in [0.3, 0.4) is 0 Å². The van der Waals surface area contributed by atoms with Crippen molar-refractivity contribution >= 4 is 5.69 Å². The molecule has 0 saturated carbocycles. The van der Waals surface area contributed by atoms with Crippen LogP contribution in [0.2, 0.25) is 0 Å². The number of aryl methyl sites for hydroxylation is 1. The normalized spacial score (nSPS) is 12.6. The van der Waals surface area contributed by atoms with Gasteiger partial charge in [0, 0.05) is 17.8 Å². The maximum absolute atomic E-state index is 10.1. The lowest BCUT2D eigenvalue weighted by molar-refractivity contribution is -0.0449. The van der Waals surface area contributed by atoms with Crippen LogP contribution in [0.15, 0.2) is 48.5 Å². The van der Waals surface area contributed by atoms with E-state index >= 15 is 0 Å². The van der Waals surface area contributed by atoms with Crippen molar-refractivity contribution in [2.75, 3.05) is 25.1 Å². The first-order valence-corrected chi connectivity index (χ1v) is 11.1. The van der Waals surface area contributed by atoms with Crippen LogP contribution in [-0.2, 0) is 4.74 Å². The van der Waals surface area contributed by atoms with Gasteiger partial charge in [0.15, 0.2) is 5.82 Å². The van der Waals surface area contributed by atoms with Gasteiger partial charge < -0.3 is 19.9 Å². The van der Waals surface area contributed by atoms with Crippen LogP contribution >= 0.6 is 0 Å². The molecule has 172 valence electrons. The number of ether oxygens (including phenoxy) is 2. The Balaban J connectivity index is 1.74. The molecule has 1 unspecified atom stereocenters. The lowest BCUT2D eigenvalue weighted by Gasteiger charge is -2.22. The number of aliphatic hydroxyl groups is 1. The second-order valence-corrected chi connectivity index (χ2v) is 8.85. The Morgan fingerprint density at radius 2 is 1.75 bits per heavy atom. The molecule has 1 atom stereocenters. The minimum Gasteiger partial charge on any atom is -0.462 e. The number of aromatic nitrogens is 3. The van der Waals surface area contributed by atoms with Gasteiger partial charge in [0.25, 0.3) is 0 Å². The Hall–Kier alpha value is -2.90. The van der Waals surface area contributed by atoms with E-state index in [0.29, 0.717) is 19.2 Å². The number of aliphatic hydroxyl groups excluding tert-OH is 1. The van der Waals surface area contributed by atoms with Gasteiger partial charge in [-0.15, -0.1) is 5.10 Å². The third-order valence-corrected chi connectivity index (χ3v) is 4.70. The van der Waals surface area contributed by atoms with Gasteiger partial charge in [0.1, 0.15) is 0 Å². The molecule has 0 aliphatic heterocycles. The van der Waals surface area contributed by atoms with E-state index in [2.05, 4.69) is 41.4 Å². The van der Waals surface area contributed by atoms with Gasteiger partial charge in [-0.2, -0.15) is 4.98 Å². The summed E-state index contributed by atoms with van der Waals surface area (Å²) in [5, 5.41) is 18.0. The summed E-state index contributed by atoms with van der Waals surface area (Å²) in [6.07, 6.45) is 0.303.